The minimum atomic E-state index is -1.02. The van der Waals surface area contributed by atoms with Crippen LogP contribution in [0.1, 0.15) is 13.3 Å². The van der Waals surface area contributed by atoms with Gasteiger partial charge in [-0.15, -0.1) is 0 Å². The van der Waals surface area contributed by atoms with Gasteiger partial charge in [-0.25, -0.2) is 0 Å². The Kier molecular flexibility index (Phi) is 3.81. The molecular weight excluding hydrogens is 188 g/mol. The first-order valence-electron chi connectivity index (χ1n) is 2.64. The van der Waals surface area contributed by atoms with Crippen LogP contribution in [0.25, 0.3) is 0 Å². The van der Waals surface area contributed by atoms with E-state index in [9.17, 15) is 4.79 Å². The molecule has 2 unspecified atom stereocenters. The fourth-order valence-electron chi connectivity index (χ4n) is 0.372. The van der Waals surface area contributed by atoms with Crippen LogP contribution in [0.5, 0.6) is 0 Å². The first-order valence-corrected chi connectivity index (χ1v) is 3.56. The highest BCUT2D eigenvalue weighted by Gasteiger charge is 2.20. The van der Waals surface area contributed by atoms with Crippen molar-refractivity contribution < 1.29 is 15.0 Å². The summed E-state index contributed by atoms with van der Waals surface area (Å²) in [6.07, 6.45) is -0.343. The molecule has 3 nitrogen and oxygen atoms in total. The van der Waals surface area contributed by atoms with Crippen molar-refractivity contribution in [2.24, 2.45) is 0 Å². The summed E-state index contributed by atoms with van der Waals surface area (Å²) < 4.78 is 0. The molecule has 0 aromatic heterocycles. The zero-order valence-corrected chi connectivity index (χ0v) is 6.63. The van der Waals surface area contributed by atoms with Crippen molar-refractivity contribution in [3.8, 4) is 0 Å². The molecule has 2 N–H and O–H groups in total. The molecule has 0 fully saturated rings. The number of aliphatic hydroxyl groups excluding tert-OH is 1. The van der Waals surface area contributed by atoms with Gasteiger partial charge in [-0.05, 0) is 6.42 Å². The molecule has 0 rings (SSSR count). The van der Waals surface area contributed by atoms with E-state index in [1.165, 1.54) is 0 Å². The molecular formula is C5H9BrO3. The van der Waals surface area contributed by atoms with Crippen molar-refractivity contribution in [1.82, 2.24) is 0 Å². The summed E-state index contributed by atoms with van der Waals surface area (Å²) in [4.78, 5) is 9.26. The lowest BCUT2D eigenvalue weighted by atomic mass is 10.2. The van der Waals surface area contributed by atoms with E-state index in [4.69, 9.17) is 10.2 Å². The number of halogens is 1. The fraction of sp³-hybridized carbons (Fsp3) is 0.800. The van der Waals surface area contributed by atoms with Crippen molar-refractivity contribution in [3.63, 3.8) is 0 Å². The van der Waals surface area contributed by atoms with Crippen molar-refractivity contribution in [3.05, 3.63) is 0 Å². The molecule has 0 saturated heterocycles. The van der Waals surface area contributed by atoms with Gasteiger partial charge in [-0.2, -0.15) is 0 Å². The third-order valence-corrected chi connectivity index (χ3v) is 1.99. The van der Waals surface area contributed by atoms with E-state index >= 15 is 0 Å². The second-order valence-corrected chi connectivity index (χ2v) is 2.70. The maximum Gasteiger partial charge on any atom is 0.319 e. The summed E-state index contributed by atoms with van der Waals surface area (Å²) >= 11 is 2.82. The third-order valence-electron chi connectivity index (χ3n) is 0.992. The quantitative estimate of drug-likeness (QED) is 0.651. The monoisotopic (exact) mass is 196 g/mol. The summed E-state index contributed by atoms with van der Waals surface area (Å²) in [5.74, 6) is -1.02. The number of carboxylic acids is 1. The van der Waals surface area contributed by atoms with Crippen LogP contribution in [0, 0.1) is 0 Å². The van der Waals surface area contributed by atoms with E-state index in [1.807, 2.05) is 0 Å². The standard InChI is InChI=1S/C5H9BrO3/c1-2-3(7)4(6)5(8)9/h3-4,7H,2H2,1H3,(H,8,9). The molecule has 54 valence electrons. The maximum atomic E-state index is 10.1. The molecule has 0 aromatic carbocycles. The number of aliphatic hydroxyl groups is 1. The van der Waals surface area contributed by atoms with Crippen LogP contribution in [0.4, 0.5) is 0 Å². The molecule has 0 aromatic rings. The van der Waals surface area contributed by atoms with E-state index < -0.39 is 16.9 Å². The number of carbonyl (C=O) groups is 1. The lowest BCUT2D eigenvalue weighted by molar-refractivity contribution is -0.138. The normalized spacial score (nSPS) is 16.8. The lowest BCUT2D eigenvalue weighted by Crippen LogP contribution is -2.27. The molecule has 0 aliphatic heterocycles. The summed E-state index contributed by atoms with van der Waals surface area (Å²) in [6.45, 7) is 1.72. The Labute approximate surface area is 61.8 Å². The number of hydrogen-bond donors (Lipinski definition) is 2. The Balaban J connectivity index is 3.72. The van der Waals surface area contributed by atoms with Gasteiger partial charge in [0, 0.05) is 0 Å². The first kappa shape index (κ1) is 8.91. The second-order valence-electron chi connectivity index (χ2n) is 1.72. The van der Waals surface area contributed by atoms with Crippen LogP contribution in [0.15, 0.2) is 0 Å². The van der Waals surface area contributed by atoms with E-state index in [0.717, 1.165) is 0 Å². The first-order chi connectivity index (χ1) is 4.09. The van der Waals surface area contributed by atoms with Crippen LogP contribution >= 0.6 is 15.9 Å². The van der Waals surface area contributed by atoms with Gasteiger partial charge in [0.05, 0.1) is 6.10 Å². The molecule has 0 bridgehead atoms. The number of rotatable bonds is 3. The van der Waals surface area contributed by atoms with E-state index in [0.29, 0.717) is 6.42 Å². The molecule has 0 aliphatic rings. The highest BCUT2D eigenvalue weighted by molar-refractivity contribution is 9.10. The third kappa shape index (κ3) is 2.81. The predicted molar refractivity (Wildman–Crippen MR) is 36.6 cm³/mol. The molecule has 0 radical (unpaired) electrons. The van der Waals surface area contributed by atoms with E-state index in [1.54, 1.807) is 6.92 Å². The van der Waals surface area contributed by atoms with Gasteiger partial charge >= 0.3 is 5.97 Å². The van der Waals surface area contributed by atoms with Crippen LogP contribution in [-0.4, -0.2) is 27.1 Å². The van der Waals surface area contributed by atoms with Crippen molar-refractivity contribution in [2.75, 3.05) is 0 Å². The molecule has 0 heterocycles. The van der Waals surface area contributed by atoms with E-state index in [-0.39, 0.29) is 0 Å². The van der Waals surface area contributed by atoms with Crippen LogP contribution in [0.3, 0.4) is 0 Å². The highest BCUT2D eigenvalue weighted by Crippen LogP contribution is 2.08. The minimum absolute atomic E-state index is 0.447. The van der Waals surface area contributed by atoms with Crippen molar-refractivity contribution >= 4 is 21.9 Å². The number of carboxylic acid groups (broad SMARTS) is 1. The van der Waals surface area contributed by atoms with E-state index in [2.05, 4.69) is 15.9 Å². The molecule has 0 aliphatic carbocycles. The fourth-order valence-corrected chi connectivity index (χ4v) is 0.745. The summed E-state index contributed by atoms with van der Waals surface area (Å²) in [5, 5.41) is 17.1. The Hall–Kier alpha value is -0.0900. The average molecular weight is 197 g/mol. The largest absolute Gasteiger partial charge is 0.480 e. The van der Waals surface area contributed by atoms with Gasteiger partial charge < -0.3 is 10.2 Å². The minimum Gasteiger partial charge on any atom is -0.480 e. The number of hydrogen-bond acceptors (Lipinski definition) is 2. The smallest absolute Gasteiger partial charge is 0.319 e. The molecule has 0 saturated carbocycles. The van der Waals surface area contributed by atoms with Gasteiger partial charge in [-0.1, -0.05) is 22.9 Å². The van der Waals surface area contributed by atoms with Gasteiger partial charge in [-0.3, -0.25) is 4.79 Å². The van der Waals surface area contributed by atoms with Gasteiger partial charge in [0.15, 0.2) is 0 Å². The Morgan fingerprint density at radius 1 is 1.78 bits per heavy atom. The summed E-state index contributed by atoms with van der Waals surface area (Å²) in [5.41, 5.74) is 0. The van der Waals surface area contributed by atoms with Gasteiger partial charge in [0.25, 0.3) is 0 Å². The van der Waals surface area contributed by atoms with Gasteiger partial charge in [0.2, 0.25) is 0 Å². The number of aliphatic carboxylic acids is 1. The Morgan fingerprint density at radius 3 is 2.33 bits per heavy atom. The van der Waals surface area contributed by atoms with Crippen molar-refractivity contribution in [2.45, 2.75) is 24.3 Å². The summed E-state index contributed by atoms with van der Waals surface area (Å²) in [7, 11) is 0. The lowest BCUT2D eigenvalue weighted by Gasteiger charge is -2.09. The molecule has 2 atom stereocenters. The zero-order valence-electron chi connectivity index (χ0n) is 5.04. The van der Waals surface area contributed by atoms with Crippen LogP contribution in [-0.2, 0) is 4.79 Å². The zero-order chi connectivity index (χ0) is 7.44. The SMILES string of the molecule is CCC(O)C(Br)C(=O)O. The van der Waals surface area contributed by atoms with Crippen LogP contribution in [0.2, 0.25) is 0 Å². The topological polar surface area (TPSA) is 57.5 Å². The molecule has 9 heavy (non-hydrogen) atoms. The maximum absolute atomic E-state index is 10.1. The van der Waals surface area contributed by atoms with Crippen LogP contribution < -0.4 is 0 Å². The second kappa shape index (κ2) is 3.85. The van der Waals surface area contributed by atoms with Crippen molar-refractivity contribution in [1.29, 1.82) is 0 Å². The Morgan fingerprint density at radius 2 is 2.22 bits per heavy atom. The molecule has 0 amide bonds. The highest BCUT2D eigenvalue weighted by atomic mass is 79.9. The average Bonchev–Trinajstić information content (AvgIpc) is 1.84. The predicted octanol–water partition coefficient (Wildman–Crippen LogP) is 0.605. The summed E-state index contributed by atoms with van der Waals surface area (Å²) in [6, 6.07) is 0. The number of alkyl halides is 1. The molecule has 4 heteroatoms. The Bertz CT molecular complexity index is 104. The van der Waals surface area contributed by atoms with Gasteiger partial charge in [0.1, 0.15) is 4.83 Å². The molecule has 0 spiro atoms.